The summed E-state index contributed by atoms with van der Waals surface area (Å²) in [6.07, 6.45) is 8.01. The molecule has 0 unspecified atom stereocenters. The van der Waals surface area contributed by atoms with Gasteiger partial charge in [0.05, 0.1) is 13.2 Å². The van der Waals surface area contributed by atoms with Gasteiger partial charge < -0.3 is 9.47 Å². The third-order valence-corrected chi connectivity index (χ3v) is 4.65. The second-order valence-corrected chi connectivity index (χ2v) is 8.14. The summed E-state index contributed by atoms with van der Waals surface area (Å²) in [4.78, 5) is 23.6. The van der Waals surface area contributed by atoms with E-state index in [1.807, 2.05) is 0 Å². The van der Waals surface area contributed by atoms with Crippen LogP contribution in [-0.2, 0) is 19.1 Å². The van der Waals surface area contributed by atoms with E-state index in [1.165, 1.54) is 0 Å². The molecule has 0 aromatic carbocycles. The smallest absolute Gasteiger partial charge is 0.351 e. The number of ether oxygens (including phenoxy) is 2. The molecule has 0 fully saturated rings. The number of hydrogen-bond donors (Lipinski definition) is 0. The molecule has 0 amide bonds. The second kappa shape index (κ2) is 15.3. The lowest BCUT2D eigenvalue weighted by Crippen LogP contribution is -2.12. The standard InChI is InChI=1S/C20H34Cl2O4/c1-15(2)11-7-5-9-13-25-19(23)17(21)18(22)20(24)26-14-10-6-8-12-16(3)4/h15-16H,5-14H2,1-4H3/b18-17-. The van der Waals surface area contributed by atoms with E-state index >= 15 is 0 Å². The van der Waals surface area contributed by atoms with E-state index in [0.29, 0.717) is 11.8 Å². The van der Waals surface area contributed by atoms with Gasteiger partial charge in [0.25, 0.3) is 0 Å². The van der Waals surface area contributed by atoms with Crippen molar-refractivity contribution in [1.29, 1.82) is 0 Å². The molecule has 0 radical (unpaired) electrons. The maximum absolute atomic E-state index is 11.8. The molecular formula is C20H34Cl2O4. The number of carbonyl (C=O) groups excluding carboxylic acids is 2. The molecule has 0 aromatic heterocycles. The van der Waals surface area contributed by atoms with Crippen LogP contribution in [0.15, 0.2) is 10.1 Å². The zero-order valence-corrected chi connectivity index (χ0v) is 18.1. The second-order valence-electron chi connectivity index (χ2n) is 7.39. The largest absolute Gasteiger partial charge is 0.461 e. The van der Waals surface area contributed by atoms with Crippen LogP contribution in [0.3, 0.4) is 0 Å². The van der Waals surface area contributed by atoms with Crippen LogP contribution in [0.4, 0.5) is 0 Å². The zero-order chi connectivity index (χ0) is 19.9. The fourth-order valence-corrected chi connectivity index (χ4v) is 2.56. The van der Waals surface area contributed by atoms with Gasteiger partial charge in [-0.25, -0.2) is 9.59 Å². The number of esters is 2. The Morgan fingerprint density at radius 3 is 1.31 bits per heavy atom. The first kappa shape index (κ1) is 25.3. The molecule has 0 saturated carbocycles. The number of hydrogen-bond acceptors (Lipinski definition) is 4. The molecule has 6 heteroatoms. The highest BCUT2D eigenvalue weighted by atomic mass is 35.5. The maximum Gasteiger partial charge on any atom is 0.351 e. The molecule has 4 nitrogen and oxygen atoms in total. The predicted octanol–water partition coefficient (Wildman–Crippen LogP) is 6.19. The van der Waals surface area contributed by atoms with Crippen molar-refractivity contribution < 1.29 is 19.1 Å². The number of unbranched alkanes of at least 4 members (excludes halogenated alkanes) is 4. The van der Waals surface area contributed by atoms with Crippen molar-refractivity contribution in [3.05, 3.63) is 10.1 Å². The van der Waals surface area contributed by atoms with Gasteiger partial charge >= 0.3 is 11.9 Å². The summed E-state index contributed by atoms with van der Waals surface area (Å²) in [6.45, 7) is 9.24. The molecule has 0 aliphatic rings. The Morgan fingerprint density at radius 2 is 1.00 bits per heavy atom. The van der Waals surface area contributed by atoms with Gasteiger partial charge in [-0.3, -0.25) is 0 Å². The van der Waals surface area contributed by atoms with Crippen molar-refractivity contribution in [3.63, 3.8) is 0 Å². The predicted molar refractivity (Wildman–Crippen MR) is 107 cm³/mol. The summed E-state index contributed by atoms with van der Waals surface area (Å²) in [7, 11) is 0. The van der Waals surface area contributed by atoms with Gasteiger partial charge in [0.2, 0.25) is 0 Å². The Bertz CT molecular complexity index is 405. The lowest BCUT2D eigenvalue weighted by Gasteiger charge is -2.08. The summed E-state index contributed by atoms with van der Waals surface area (Å²) in [5, 5.41) is -0.836. The summed E-state index contributed by atoms with van der Waals surface area (Å²) < 4.78 is 10.1. The maximum atomic E-state index is 11.8. The van der Waals surface area contributed by atoms with E-state index in [9.17, 15) is 9.59 Å². The van der Waals surface area contributed by atoms with Gasteiger partial charge in [0, 0.05) is 0 Å². The first-order valence-corrected chi connectivity index (χ1v) is 10.4. The van der Waals surface area contributed by atoms with Crippen molar-refractivity contribution >= 4 is 35.1 Å². The van der Waals surface area contributed by atoms with E-state index < -0.39 is 22.0 Å². The third kappa shape index (κ3) is 13.5. The lowest BCUT2D eigenvalue weighted by molar-refractivity contribution is -0.141. The van der Waals surface area contributed by atoms with Crippen LogP contribution in [0.1, 0.15) is 79.1 Å². The van der Waals surface area contributed by atoms with E-state index in [0.717, 1.165) is 51.4 Å². The van der Waals surface area contributed by atoms with Gasteiger partial charge in [-0.2, -0.15) is 0 Å². The van der Waals surface area contributed by atoms with Gasteiger partial charge in [-0.05, 0) is 24.7 Å². The van der Waals surface area contributed by atoms with Crippen LogP contribution in [0.25, 0.3) is 0 Å². The van der Waals surface area contributed by atoms with Crippen LogP contribution in [0, 0.1) is 11.8 Å². The van der Waals surface area contributed by atoms with Crippen molar-refractivity contribution in [3.8, 4) is 0 Å². The van der Waals surface area contributed by atoms with Gasteiger partial charge in [-0.15, -0.1) is 0 Å². The van der Waals surface area contributed by atoms with Crippen molar-refractivity contribution in [2.24, 2.45) is 11.8 Å². The first-order valence-electron chi connectivity index (χ1n) is 9.65. The zero-order valence-electron chi connectivity index (χ0n) is 16.6. The first-order chi connectivity index (χ1) is 12.3. The highest BCUT2D eigenvalue weighted by Gasteiger charge is 2.20. The Hall–Kier alpha value is -0.740. The average molecular weight is 409 g/mol. The van der Waals surface area contributed by atoms with E-state index in [4.69, 9.17) is 32.7 Å². The molecule has 152 valence electrons. The van der Waals surface area contributed by atoms with Crippen molar-refractivity contribution in [2.75, 3.05) is 13.2 Å². The van der Waals surface area contributed by atoms with Crippen LogP contribution in [0.5, 0.6) is 0 Å². The van der Waals surface area contributed by atoms with E-state index in [2.05, 4.69) is 27.7 Å². The quantitative estimate of drug-likeness (QED) is 0.195. The van der Waals surface area contributed by atoms with Gasteiger partial charge in [-0.1, -0.05) is 89.4 Å². The van der Waals surface area contributed by atoms with Crippen LogP contribution < -0.4 is 0 Å². The number of halogens is 2. The highest BCUT2D eigenvalue weighted by molar-refractivity contribution is 6.53. The summed E-state index contributed by atoms with van der Waals surface area (Å²) in [6, 6.07) is 0. The van der Waals surface area contributed by atoms with Gasteiger partial charge in [0.15, 0.2) is 10.1 Å². The molecule has 0 saturated heterocycles. The monoisotopic (exact) mass is 408 g/mol. The molecule has 0 aliphatic heterocycles. The van der Waals surface area contributed by atoms with Gasteiger partial charge in [0.1, 0.15) is 0 Å². The molecule has 0 aliphatic carbocycles. The van der Waals surface area contributed by atoms with Crippen molar-refractivity contribution in [1.82, 2.24) is 0 Å². The molecule has 0 atom stereocenters. The van der Waals surface area contributed by atoms with Crippen LogP contribution in [-0.4, -0.2) is 25.2 Å². The Kier molecular flexibility index (Phi) is 14.9. The minimum absolute atomic E-state index is 0.266. The minimum Gasteiger partial charge on any atom is -0.461 e. The van der Waals surface area contributed by atoms with Crippen molar-refractivity contribution in [2.45, 2.75) is 79.1 Å². The van der Waals surface area contributed by atoms with Crippen LogP contribution in [0.2, 0.25) is 0 Å². The Labute approximate surface area is 168 Å². The van der Waals surface area contributed by atoms with Crippen LogP contribution >= 0.6 is 23.2 Å². The number of rotatable bonds is 14. The van der Waals surface area contributed by atoms with E-state index in [-0.39, 0.29) is 13.2 Å². The minimum atomic E-state index is -0.783. The number of carbonyl (C=O) groups is 2. The summed E-state index contributed by atoms with van der Waals surface area (Å²) >= 11 is 11.7. The molecule has 0 aromatic rings. The Morgan fingerprint density at radius 1 is 0.654 bits per heavy atom. The molecule has 0 spiro atoms. The summed E-state index contributed by atoms with van der Waals surface area (Å²) in [5.74, 6) is -0.214. The fourth-order valence-electron chi connectivity index (χ4n) is 2.30. The van der Waals surface area contributed by atoms with E-state index in [1.54, 1.807) is 0 Å². The normalized spacial score (nSPS) is 12.3. The molecule has 0 heterocycles. The molecule has 0 rings (SSSR count). The molecule has 0 bridgehead atoms. The molecule has 0 N–H and O–H groups in total. The summed E-state index contributed by atoms with van der Waals surface area (Å²) in [5.41, 5.74) is 0. The SMILES string of the molecule is CC(C)CCCCCOC(=O)/C(Cl)=C(/Cl)C(=O)OCCCCCC(C)C. The fraction of sp³-hybridized carbons (Fsp3) is 0.800. The average Bonchev–Trinajstić information content (AvgIpc) is 2.58. The third-order valence-electron chi connectivity index (χ3n) is 3.87. The highest BCUT2D eigenvalue weighted by Crippen LogP contribution is 2.18. The topological polar surface area (TPSA) is 52.6 Å². The molecule has 26 heavy (non-hydrogen) atoms. The Balaban J connectivity index is 4.01. The lowest BCUT2D eigenvalue weighted by atomic mass is 10.1. The molecular weight excluding hydrogens is 375 g/mol.